The van der Waals surface area contributed by atoms with E-state index in [-0.39, 0.29) is 30.1 Å². The Kier molecular flexibility index (Phi) is 5.32. The lowest BCUT2D eigenvalue weighted by Gasteiger charge is -2.22. The summed E-state index contributed by atoms with van der Waals surface area (Å²) in [5.41, 5.74) is -0.476. The van der Waals surface area contributed by atoms with E-state index < -0.39 is 5.60 Å². The van der Waals surface area contributed by atoms with E-state index in [0.717, 1.165) is 32.1 Å². The van der Waals surface area contributed by atoms with Crippen molar-refractivity contribution in [3.05, 3.63) is 0 Å². The van der Waals surface area contributed by atoms with Crippen LogP contribution in [0.4, 0.5) is 4.79 Å². The van der Waals surface area contributed by atoms with Gasteiger partial charge in [0.25, 0.3) is 0 Å². The van der Waals surface area contributed by atoms with Crippen LogP contribution in [0.15, 0.2) is 0 Å². The smallest absolute Gasteiger partial charge is 0.407 e. The minimum atomic E-state index is -0.476. The van der Waals surface area contributed by atoms with Gasteiger partial charge in [-0.3, -0.25) is 4.79 Å². The van der Waals surface area contributed by atoms with Crippen LogP contribution in [0.3, 0.4) is 0 Å². The zero-order valence-corrected chi connectivity index (χ0v) is 14.1. The van der Waals surface area contributed by atoms with Crippen molar-refractivity contribution in [1.82, 2.24) is 16.0 Å². The number of rotatable bonds is 5. The van der Waals surface area contributed by atoms with E-state index in [2.05, 4.69) is 16.0 Å². The lowest BCUT2D eigenvalue weighted by Crippen LogP contribution is -2.47. The van der Waals surface area contributed by atoms with Crippen molar-refractivity contribution in [3.8, 4) is 0 Å². The maximum atomic E-state index is 11.9. The normalized spacial score (nSPS) is 26.4. The molecule has 2 amide bonds. The number of hydrogen-bond donors (Lipinski definition) is 3. The number of nitrogens with one attached hydrogen (secondary N) is 3. The summed E-state index contributed by atoms with van der Waals surface area (Å²) in [4.78, 5) is 23.7. The number of hydrogen-bond acceptors (Lipinski definition) is 4. The van der Waals surface area contributed by atoms with Crippen LogP contribution in [0.25, 0.3) is 0 Å². The lowest BCUT2D eigenvalue weighted by atomic mass is 10.2. The molecule has 3 N–H and O–H groups in total. The molecule has 0 saturated heterocycles. The van der Waals surface area contributed by atoms with E-state index >= 15 is 0 Å². The van der Waals surface area contributed by atoms with Gasteiger partial charge in [-0.1, -0.05) is 0 Å². The molecular weight excluding hydrogens is 282 g/mol. The zero-order valence-electron chi connectivity index (χ0n) is 14.1. The molecule has 126 valence electrons. The average molecular weight is 311 g/mol. The van der Waals surface area contributed by atoms with Crippen LogP contribution >= 0.6 is 0 Å². The van der Waals surface area contributed by atoms with Crippen LogP contribution < -0.4 is 16.0 Å². The minimum Gasteiger partial charge on any atom is -0.444 e. The molecule has 0 radical (unpaired) electrons. The summed E-state index contributed by atoms with van der Waals surface area (Å²) in [5, 5.41) is 9.27. The second kappa shape index (κ2) is 6.86. The molecule has 2 rings (SSSR count). The Labute approximate surface area is 132 Å². The number of ether oxygens (including phenoxy) is 1. The van der Waals surface area contributed by atoms with Crippen LogP contribution in [0.2, 0.25) is 0 Å². The number of carbonyl (C=O) groups is 2. The third-order valence-electron chi connectivity index (χ3n) is 3.96. The first-order valence-corrected chi connectivity index (χ1v) is 8.29. The predicted octanol–water partition coefficient (Wildman–Crippen LogP) is 1.69. The Morgan fingerprint density at radius 1 is 1.00 bits per heavy atom. The summed E-state index contributed by atoms with van der Waals surface area (Å²) >= 11 is 0. The topological polar surface area (TPSA) is 79.5 Å². The van der Waals surface area contributed by atoms with Crippen molar-refractivity contribution in [3.63, 3.8) is 0 Å². The van der Waals surface area contributed by atoms with Gasteiger partial charge >= 0.3 is 6.09 Å². The predicted molar refractivity (Wildman–Crippen MR) is 84.6 cm³/mol. The first kappa shape index (κ1) is 17.1. The molecule has 0 spiro atoms. The third-order valence-corrected chi connectivity index (χ3v) is 3.96. The van der Waals surface area contributed by atoms with Gasteiger partial charge < -0.3 is 20.7 Å². The third kappa shape index (κ3) is 5.83. The molecule has 0 aromatic rings. The summed E-state index contributed by atoms with van der Waals surface area (Å²) < 4.78 is 5.27. The molecular formula is C16H29N3O3. The first-order valence-electron chi connectivity index (χ1n) is 8.29. The highest BCUT2D eigenvalue weighted by Gasteiger charge is 2.31. The molecule has 0 aromatic carbocycles. The highest BCUT2D eigenvalue weighted by Crippen LogP contribution is 2.21. The van der Waals surface area contributed by atoms with Crippen molar-refractivity contribution in [2.45, 2.75) is 89.6 Å². The number of carbonyl (C=O) groups excluding carboxylic acids is 2. The Morgan fingerprint density at radius 2 is 1.59 bits per heavy atom. The molecule has 2 saturated carbocycles. The highest BCUT2D eigenvalue weighted by molar-refractivity contribution is 5.81. The molecule has 2 fully saturated rings. The summed E-state index contributed by atoms with van der Waals surface area (Å²) in [6.07, 6.45) is 4.54. The van der Waals surface area contributed by atoms with Gasteiger partial charge in [-0.05, 0) is 59.8 Å². The Hall–Kier alpha value is -1.30. The molecule has 0 heterocycles. The maximum absolute atomic E-state index is 11.9. The molecule has 0 aliphatic heterocycles. The van der Waals surface area contributed by atoms with Gasteiger partial charge in [-0.25, -0.2) is 4.79 Å². The minimum absolute atomic E-state index is 0.0750. The second-order valence-electron chi connectivity index (χ2n) is 7.52. The molecule has 0 bridgehead atoms. The lowest BCUT2D eigenvalue weighted by molar-refractivity contribution is -0.123. The van der Waals surface area contributed by atoms with Crippen molar-refractivity contribution in [2.75, 3.05) is 0 Å². The molecule has 2 aliphatic rings. The van der Waals surface area contributed by atoms with Gasteiger partial charge in [0, 0.05) is 18.1 Å². The van der Waals surface area contributed by atoms with Gasteiger partial charge in [0.15, 0.2) is 0 Å². The standard InChI is InChI=1S/C16H29N3O3/c1-10(14(20)18-11-5-6-11)17-12-7-8-13(9-12)19-15(21)22-16(2,3)4/h10-13,17H,5-9H2,1-4H3,(H,18,20)(H,19,21). The zero-order chi connectivity index (χ0) is 16.3. The SMILES string of the molecule is CC(NC1CCC(NC(=O)OC(C)(C)C)C1)C(=O)NC1CC1. The number of amides is 2. The van der Waals surface area contributed by atoms with E-state index in [1.54, 1.807) is 0 Å². The van der Waals surface area contributed by atoms with Crippen molar-refractivity contribution >= 4 is 12.0 Å². The van der Waals surface area contributed by atoms with Crippen molar-refractivity contribution < 1.29 is 14.3 Å². The summed E-state index contributed by atoms with van der Waals surface area (Å²) in [6.45, 7) is 7.45. The van der Waals surface area contributed by atoms with E-state index in [0.29, 0.717) is 6.04 Å². The van der Waals surface area contributed by atoms with Crippen molar-refractivity contribution in [2.24, 2.45) is 0 Å². The van der Waals surface area contributed by atoms with E-state index in [9.17, 15) is 9.59 Å². The van der Waals surface area contributed by atoms with Gasteiger partial charge in [0.1, 0.15) is 5.60 Å². The second-order valence-corrected chi connectivity index (χ2v) is 7.52. The van der Waals surface area contributed by atoms with Crippen LogP contribution in [0.1, 0.15) is 59.8 Å². The van der Waals surface area contributed by atoms with Gasteiger partial charge in [-0.2, -0.15) is 0 Å². The first-order chi connectivity index (χ1) is 10.2. The Morgan fingerprint density at radius 3 is 2.18 bits per heavy atom. The van der Waals surface area contributed by atoms with Crippen LogP contribution in [-0.4, -0.2) is 41.8 Å². The van der Waals surface area contributed by atoms with Crippen LogP contribution in [-0.2, 0) is 9.53 Å². The monoisotopic (exact) mass is 311 g/mol. The molecule has 6 nitrogen and oxygen atoms in total. The van der Waals surface area contributed by atoms with E-state index in [4.69, 9.17) is 4.74 Å². The maximum Gasteiger partial charge on any atom is 0.407 e. The average Bonchev–Trinajstić information content (AvgIpc) is 3.07. The fraction of sp³-hybridized carbons (Fsp3) is 0.875. The van der Waals surface area contributed by atoms with Crippen LogP contribution in [0.5, 0.6) is 0 Å². The molecule has 3 unspecified atom stereocenters. The number of alkyl carbamates (subject to hydrolysis) is 1. The Bertz CT molecular complexity index is 415. The van der Waals surface area contributed by atoms with Crippen LogP contribution in [0, 0.1) is 0 Å². The summed E-state index contributed by atoms with van der Waals surface area (Å²) in [6, 6.07) is 0.582. The molecule has 6 heteroatoms. The Balaban J connectivity index is 1.68. The van der Waals surface area contributed by atoms with Crippen molar-refractivity contribution in [1.29, 1.82) is 0 Å². The highest BCUT2D eigenvalue weighted by atomic mass is 16.6. The van der Waals surface area contributed by atoms with Gasteiger partial charge in [-0.15, -0.1) is 0 Å². The van der Waals surface area contributed by atoms with Gasteiger partial charge in [0.2, 0.25) is 5.91 Å². The molecule has 0 aromatic heterocycles. The summed E-state index contributed by atoms with van der Waals surface area (Å²) in [5.74, 6) is 0.0750. The molecule has 2 aliphatic carbocycles. The fourth-order valence-corrected chi connectivity index (χ4v) is 2.72. The van der Waals surface area contributed by atoms with E-state index in [1.165, 1.54) is 0 Å². The quantitative estimate of drug-likeness (QED) is 0.722. The fourth-order valence-electron chi connectivity index (χ4n) is 2.72. The van der Waals surface area contributed by atoms with Gasteiger partial charge in [0.05, 0.1) is 6.04 Å². The largest absolute Gasteiger partial charge is 0.444 e. The van der Waals surface area contributed by atoms with E-state index in [1.807, 2.05) is 27.7 Å². The summed E-state index contributed by atoms with van der Waals surface area (Å²) in [7, 11) is 0. The molecule has 22 heavy (non-hydrogen) atoms. The molecule has 3 atom stereocenters.